The van der Waals surface area contributed by atoms with E-state index in [9.17, 15) is 14.4 Å². The Balaban J connectivity index is 1.47. The first kappa shape index (κ1) is 22.8. The molecule has 32 heavy (non-hydrogen) atoms. The van der Waals surface area contributed by atoms with Crippen LogP contribution in [0.3, 0.4) is 0 Å². The van der Waals surface area contributed by atoms with Gasteiger partial charge in [0, 0.05) is 24.8 Å². The first-order valence-electron chi connectivity index (χ1n) is 11.6. The number of nitrogens with zero attached hydrogens (tertiary/aromatic N) is 3. The van der Waals surface area contributed by atoms with Crippen molar-refractivity contribution in [1.82, 2.24) is 15.1 Å². The normalized spacial score (nSPS) is 24.0. The average molecular weight is 457 g/mol. The van der Waals surface area contributed by atoms with Crippen LogP contribution in [-0.4, -0.2) is 56.7 Å². The third-order valence-corrected chi connectivity index (χ3v) is 7.88. The fraction of sp³-hybridized carbons (Fsp3) is 0.583. The van der Waals surface area contributed by atoms with Gasteiger partial charge in [0.25, 0.3) is 5.91 Å². The number of benzene rings is 1. The Morgan fingerprint density at radius 1 is 1.22 bits per heavy atom. The maximum Gasteiger partial charge on any atom is 0.325 e. The highest BCUT2D eigenvalue weighted by Crippen LogP contribution is 2.34. The molecule has 7 nitrogen and oxygen atoms in total. The number of imide groups is 1. The summed E-state index contributed by atoms with van der Waals surface area (Å²) in [5.74, 6) is 0.552. The van der Waals surface area contributed by atoms with Crippen LogP contribution < -0.4 is 5.32 Å². The Labute approximate surface area is 194 Å². The average Bonchev–Trinajstić information content (AvgIpc) is 3.27. The van der Waals surface area contributed by atoms with Crippen LogP contribution in [0.5, 0.6) is 0 Å². The number of urea groups is 1. The van der Waals surface area contributed by atoms with Crippen molar-refractivity contribution >= 4 is 40.5 Å². The number of rotatable bonds is 5. The molecule has 1 atom stereocenters. The van der Waals surface area contributed by atoms with Gasteiger partial charge in [0.15, 0.2) is 5.17 Å². The maximum atomic E-state index is 13.3. The van der Waals surface area contributed by atoms with E-state index >= 15 is 0 Å². The number of aliphatic imine (C=N–C) groups is 1. The number of aryl methyl sites for hydroxylation is 2. The van der Waals surface area contributed by atoms with Gasteiger partial charge >= 0.3 is 6.03 Å². The molecule has 8 heteroatoms. The molecule has 0 radical (unpaired) electrons. The van der Waals surface area contributed by atoms with E-state index in [0.717, 1.165) is 42.7 Å². The van der Waals surface area contributed by atoms with Crippen LogP contribution in [0.25, 0.3) is 0 Å². The highest BCUT2D eigenvalue weighted by Gasteiger charge is 2.51. The first-order valence-corrected chi connectivity index (χ1v) is 12.6. The predicted molar refractivity (Wildman–Crippen MR) is 127 cm³/mol. The van der Waals surface area contributed by atoms with Crippen molar-refractivity contribution in [3.63, 3.8) is 0 Å². The van der Waals surface area contributed by atoms with Crippen LogP contribution in [0, 0.1) is 13.8 Å². The molecule has 2 heterocycles. The van der Waals surface area contributed by atoms with Crippen molar-refractivity contribution in [3.05, 3.63) is 29.3 Å². The predicted octanol–water partition coefficient (Wildman–Crippen LogP) is 4.29. The minimum atomic E-state index is -0.747. The third-order valence-electron chi connectivity index (χ3n) is 6.79. The molecule has 0 unspecified atom stereocenters. The highest BCUT2D eigenvalue weighted by atomic mass is 32.2. The summed E-state index contributed by atoms with van der Waals surface area (Å²) in [5, 5.41) is 3.62. The van der Waals surface area contributed by atoms with Gasteiger partial charge in [0.05, 0.1) is 5.69 Å². The number of hydrogen-bond acceptors (Lipinski definition) is 5. The molecule has 3 aliphatic rings. The van der Waals surface area contributed by atoms with E-state index in [1.807, 2.05) is 26.0 Å². The second-order valence-electron chi connectivity index (χ2n) is 9.10. The van der Waals surface area contributed by atoms with Crippen molar-refractivity contribution in [3.8, 4) is 0 Å². The quantitative estimate of drug-likeness (QED) is 0.670. The molecule has 2 saturated heterocycles. The van der Waals surface area contributed by atoms with Crippen molar-refractivity contribution in [2.24, 2.45) is 4.99 Å². The standard InChI is InChI=1S/C24H32N4O3S/c1-4-18-15-32-23(25-19-9-8-16(2)14-17(19)3)28(18)20(29)10-13-27-21(30)24(26-22(27)31)11-6-5-7-12-24/h8-9,14,18H,4-7,10-13,15H2,1-3H3,(H,26,31)/t18-/m0/s1. The van der Waals surface area contributed by atoms with E-state index in [0.29, 0.717) is 18.0 Å². The minimum absolute atomic E-state index is 0.0739. The van der Waals surface area contributed by atoms with E-state index in [2.05, 4.69) is 18.3 Å². The van der Waals surface area contributed by atoms with Crippen molar-refractivity contribution in [2.45, 2.75) is 77.3 Å². The SMILES string of the molecule is CC[C@H]1CSC(=Nc2ccc(C)cc2C)N1C(=O)CCN1C(=O)NC2(CCCCC2)C1=O. The Morgan fingerprint density at radius 3 is 2.66 bits per heavy atom. The van der Waals surface area contributed by atoms with Gasteiger partial charge in [-0.3, -0.25) is 19.4 Å². The Kier molecular flexibility index (Phi) is 6.60. The molecule has 1 aliphatic carbocycles. The summed E-state index contributed by atoms with van der Waals surface area (Å²) < 4.78 is 0. The molecule has 0 bridgehead atoms. The van der Waals surface area contributed by atoms with E-state index in [1.165, 1.54) is 10.5 Å². The lowest BCUT2D eigenvalue weighted by molar-refractivity contribution is -0.133. The largest absolute Gasteiger partial charge is 0.325 e. The van der Waals surface area contributed by atoms with Gasteiger partial charge in [-0.15, -0.1) is 0 Å². The van der Waals surface area contributed by atoms with Crippen LogP contribution in [0.4, 0.5) is 10.5 Å². The maximum absolute atomic E-state index is 13.3. The van der Waals surface area contributed by atoms with Gasteiger partial charge in [-0.2, -0.15) is 0 Å². The summed E-state index contributed by atoms with van der Waals surface area (Å²) in [6.07, 6.45) is 5.30. The lowest BCUT2D eigenvalue weighted by atomic mass is 9.82. The van der Waals surface area contributed by atoms with E-state index in [4.69, 9.17) is 4.99 Å². The molecule has 4 rings (SSSR count). The molecule has 3 fully saturated rings. The van der Waals surface area contributed by atoms with Gasteiger partial charge in [-0.1, -0.05) is 55.6 Å². The van der Waals surface area contributed by atoms with Crippen molar-refractivity contribution in [1.29, 1.82) is 0 Å². The van der Waals surface area contributed by atoms with Crippen molar-refractivity contribution in [2.75, 3.05) is 12.3 Å². The summed E-state index contributed by atoms with van der Waals surface area (Å²) in [6, 6.07) is 5.80. The molecular formula is C24H32N4O3S. The number of amidine groups is 1. The Morgan fingerprint density at radius 2 is 1.97 bits per heavy atom. The molecule has 1 spiro atoms. The second-order valence-corrected chi connectivity index (χ2v) is 10.1. The molecule has 1 aromatic carbocycles. The van der Waals surface area contributed by atoms with Crippen LogP contribution in [0.1, 0.15) is 63.0 Å². The van der Waals surface area contributed by atoms with E-state index in [1.54, 1.807) is 16.7 Å². The zero-order valence-electron chi connectivity index (χ0n) is 19.1. The van der Waals surface area contributed by atoms with Gasteiger partial charge < -0.3 is 5.32 Å². The fourth-order valence-corrected chi connectivity index (χ4v) is 6.18. The van der Waals surface area contributed by atoms with Gasteiger partial charge in [-0.25, -0.2) is 9.79 Å². The summed E-state index contributed by atoms with van der Waals surface area (Å²) in [4.78, 5) is 46.6. The summed E-state index contributed by atoms with van der Waals surface area (Å²) in [5.41, 5.74) is 2.36. The monoisotopic (exact) mass is 456 g/mol. The molecule has 2 aliphatic heterocycles. The number of carbonyl (C=O) groups excluding carboxylic acids is 3. The molecule has 1 aromatic rings. The molecule has 1 N–H and O–H groups in total. The highest BCUT2D eigenvalue weighted by molar-refractivity contribution is 8.14. The third kappa shape index (κ3) is 4.29. The molecule has 1 saturated carbocycles. The smallest absolute Gasteiger partial charge is 0.323 e. The van der Waals surface area contributed by atoms with Crippen LogP contribution in [0.15, 0.2) is 23.2 Å². The first-order chi connectivity index (χ1) is 15.3. The van der Waals surface area contributed by atoms with Gasteiger partial charge in [-0.05, 0) is 44.7 Å². The van der Waals surface area contributed by atoms with E-state index in [-0.39, 0.29) is 36.9 Å². The van der Waals surface area contributed by atoms with Gasteiger partial charge in [0.2, 0.25) is 5.91 Å². The van der Waals surface area contributed by atoms with Crippen LogP contribution in [0.2, 0.25) is 0 Å². The lowest BCUT2D eigenvalue weighted by Crippen LogP contribution is -2.48. The van der Waals surface area contributed by atoms with Crippen LogP contribution >= 0.6 is 11.8 Å². The number of thioether (sulfide) groups is 1. The minimum Gasteiger partial charge on any atom is -0.323 e. The number of hydrogen-bond donors (Lipinski definition) is 1. The molecule has 4 amide bonds. The van der Waals surface area contributed by atoms with Crippen molar-refractivity contribution < 1.29 is 14.4 Å². The lowest BCUT2D eigenvalue weighted by Gasteiger charge is -2.30. The van der Waals surface area contributed by atoms with Crippen LogP contribution in [-0.2, 0) is 9.59 Å². The molecule has 0 aromatic heterocycles. The fourth-order valence-electron chi connectivity index (χ4n) is 4.90. The number of amides is 4. The molecule has 172 valence electrons. The summed E-state index contributed by atoms with van der Waals surface area (Å²) in [6.45, 7) is 6.24. The topological polar surface area (TPSA) is 82.1 Å². The van der Waals surface area contributed by atoms with E-state index < -0.39 is 5.54 Å². The zero-order chi connectivity index (χ0) is 22.9. The summed E-state index contributed by atoms with van der Waals surface area (Å²) in [7, 11) is 0. The Hall–Kier alpha value is -2.35. The number of nitrogens with one attached hydrogen (secondary N) is 1. The molecular weight excluding hydrogens is 424 g/mol. The zero-order valence-corrected chi connectivity index (χ0v) is 20.0. The number of carbonyl (C=O) groups is 3. The van der Waals surface area contributed by atoms with Gasteiger partial charge in [0.1, 0.15) is 5.54 Å². The second kappa shape index (κ2) is 9.25. The Bertz CT molecular complexity index is 955. The summed E-state index contributed by atoms with van der Waals surface area (Å²) >= 11 is 1.59.